The van der Waals surface area contributed by atoms with Crippen LogP contribution in [0.25, 0.3) is 0 Å². The second-order valence-electron chi connectivity index (χ2n) is 4.80. The minimum Gasteiger partial charge on any atom is -0.0625 e. The van der Waals surface area contributed by atoms with Gasteiger partial charge in [0.15, 0.2) is 0 Å². The Hall–Kier alpha value is 0. The summed E-state index contributed by atoms with van der Waals surface area (Å²) in [5.41, 5.74) is 0.789. The lowest BCUT2D eigenvalue weighted by Gasteiger charge is -2.52. The first-order valence-electron chi connectivity index (χ1n) is 4.71. The maximum Gasteiger partial charge on any atom is -0.0292 e. The first-order chi connectivity index (χ1) is 4.71. The molecule has 0 N–H and O–H groups in total. The lowest BCUT2D eigenvalue weighted by molar-refractivity contribution is -0.0196. The molecule has 0 unspecified atom stereocenters. The molecule has 0 spiro atoms. The fourth-order valence-corrected chi connectivity index (χ4v) is 2.97. The maximum absolute atomic E-state index is 2.50. The molecular weight excluding hydrogens is 120 g/mol. The number of hydrogen-bond acceptors (Lipinski definition) is 0. The van der Waals surface area contributed by atoms with Crippen LogP contribution in [0.4, 0.5) is 0 Å². The van der Waals surface area contributed by atoms with Crippen LogP contribution in [0.15, 0.2) is 0 Å². The molecule has 0 nitrogen and oxygen atoms in total. The molecule has 0 aromatic heterocycles. The zero-order chi connectivity index (χ0) is 7.19. The van der Waals surface area contributed by atoms with Crippen LogP contribution in [-0.2, 0) is 0 Å². The molecule has 0 aliphatic heterocycles. The van der Waals surface area contributed by atoms with Gasteiger partial charge in [0.1, 0.15) is 0 Å². The summed E-state index contributed by atoms with van der Waals surface area (Å²) in [6.45, 7) is 4.89. The van der Waals surface area contributed by atoms with Gasteiger partial charge in [0.25, 0.3) is 0 Å². The standard InChI is InChI=1S/C10H18/c1-8-6-10(2,7-8)9-4-3-5-9/h8-9H,3-7H2,1-2H3. The molecule has 0 aromatic rings. The van der Waals surface area contributed by atoms with Crippen molar-refractivity contribution < 1.29 is 0 Å². The molecule has 0 aromatic carbocycles. The third kappa shape index (κ3) is 0.810. The summed E-state index contributed by atoms with van der Waals surface area (Å²) < 4.78 is 0. The molecule has 0 amide bonds. The van der Waals surface area contributed by atoms with Crippen molar-refractivity contribution in [2.75, 3.05) is 0 Å². The molecule has 0 saturated heterocycles. The van der Waals surface area contributed by atoms with Crippen molar-refractivity contribution in [3.05, 3.63) is 0 Å². The first kappa shape index (κ1) is 6.69. The second-order valence-corrected chi connectivity index (χ2v) is 4.80. The van der Waals surface area contributed by atoms with Gasteiger partial charge in [-0.1, -0.05) is 20.3 Å². The molecule has 10 heavy (non-hydrogen) atoms. The van der Waals surface area contributed by atoms with E-state index in [4.69, 9.17) is 0 Å². The molecule has 2 aliphatic rings. The van der Waals surface area contributed by atoms with E-state index in [2.05, 4.69) is 13.8 Å². The normalized spacial score (nSPS) is 48.0. The van der Waals surface area contributed by atoms with Gasteiger partial charge in [0, 0.05) is 0 Å². The Bertz CT molecular complexity index is 127. The molecule has 0 bridgehead atoms. The van der Waals surface area contributed by atoms with E-state index in [0.29, 0.717) is 0 Å². The largest absolute Gasteiger partial charge is 0.0625 e. The van der Waals surface area contributed by atoms with Gasteiger partial charge >= 0.3 is 0 Å². The molecule has 0 heteroatoms. The lowest BCUT2D eigenvalue weighted by atomic mass is 9.53. The van der Waals surface area contributed by atoms with Crippen LogP contribution < -0.4 is 0 Å². The van der Waals surface area contributed by atoms with Gasteiger partial charge in [-0.25, -0.2) is 0 Å². The SMILES string of the molecule is CC1CC(C)(C2CCC2)C1. The number of hydrogen-bond donors (Lipinski definition) is 0. The highest BCUT2D eigenvalue weighted by Gasteiger charge is 2.45. The molecule has 58 valence electrons. The monoisotopic (exact) mass is 138 g/mol. The van der Waals surface area contributed by atoms with Gasteiger partial charge in [-0.3, -0.25) is 0 Å². The van der Waals surface area contributed by atoms with E-state index in [-0.39, 0.29) is 0 Å². The van der Waals surface area contributed by atoms with Gasteiger partial charge in [-0.05, 0) is 42.9 Å². The average molecular weight is 138 g/mol. The van der Waals surface area contributed by atoms with Gasteiger partial charge in [-0.2, -0.15) is 0 Å². The highest BCUT2D eigenvalue weighted by Crippen LogP contribution is 2.56. The predicted octanol–water partition coefficient (Wildman–Crippen LogP) is 3.22. The van der Waals surface area contributed by atoms with Crippen LogP contribution in [0.1, 0.15) is 46.0 Å². The fourth-order valence-electron chi connectivity index (χ4n) is 2.97. The van der Waals surface area contributed by atoms with Crippen molar-refractivity contribution in [1.82, 2.24) is 0 Å². The molecule has 0 heterocycles. The van der Waals surface area contributed by atoms with Gasteiger partial charge in [-0.15, -0.1) is 0 Å². The van der Waals surface area contributed by atoms with Crippen molar-refractivity contribution in [2.45, 2.75) is 46.0 Å². The zero-order valence-corrected chi connectivity index (χ0v) is 7.19. The Morgan fingerprint density at radius 1 is 1.20 bits per heavy atom. The Morgan fingerprint density at radius 3 is 2.10 bits per heavy atom. The molecule has 2 fully saturated rings. The van der Waals surface area contributed by atoms with Crippen LogP contribution in [0.5, 0.6) is 0 Å². The summed E-state index contributed by atoms with van der Waals surface area (Å²) in [7, 11) is 0. The van der Waals surface area contributed by atoms with E-state index in [9.17, 15) is 0 Å². The van der Waals surface area contributed by atoms with E-state index in [1.165, 1.54) is 32.1 Å². The highest BCUT2D eigenvalue weighted by molar-refractivity contribution is 4.96. The fraction of sp³-hybridized carbons (Fsp3) is 1.00. The summed E-state index contributed by atoms with van der Waals surface area (Å²) in [4.78, 5) is 0. The third-order valence-electron chi connectivity index (χ3n) is 3.72. The van der Waals surface area contributed by atoms with Crippen LogP contribution in [0.3, 0.4) is 0 Å². The lowest BCUT2D eigenvalue weighted by Crippen LogP contribution is -2.42. The van der Waals surface area contributed by atoms with Crippen LogP contribution in [-0.4, -0.2) is 0 Å². The minimum atomic E-state index is 0.789. The minimum absolute atomic E-state index is 0.789. The molecule has 0 atom stereocenters. The van der Waals surface area contributed by atoms with Crippen molar-refractivity contribution in [2.24, 2.45) is 17.3 Å². The van der Waals surface area contributed by atoms with E-state index >= 15 is 0 Å². The molecule has 0 radical (unpaired) electrons. The third-order valence-corrected chi connectivity index (χ3v) is 3.72. The summed E-state index contributed by atoms with van der Waals surface area (Å²) in [6.07, 6.45) is 7.59. The van der Waals surface area contributed by atoms with Crippen molar-refractivity contribution in [3.8, 4) is 0 Å². The quantitative estimate of drug-likeness (QED) is 0.522. The summed E-state index contributed by atoms with van der Waals surface area (Å²) in [6, 6.07) is 0. The van der Waals surface area contributed by atoms with E-state index in [1.54, 1.807) is 0 Å². The van der Waals surface area contributed by atoms with Gasteiger partial charge in [0.2, 0.25) is 0 Å². The molecule has 2 rings (SSSR count). The summed E-state index contributed by atoms with van der Waals surface area (Å²) in [5, 5.41) is 0. The zero-order valence-electron chi connectivity index (χ0n) is 7.19. The Balaban J connectivity index is 1.91. The van der Waals surface area contributed by atoms with Crippen molar-refractivity contribution in [3.63, 3.8) is 0 Å². The Morgan fingerprint density at radius 2 is 1.80 bits per heavy atom. The molecule has 2 aliphatic carbocycles. The topological polar surface area (TPSA) is 0 Å². The van der Waals surface area contributed by atoms with Crippen LogP contribution in [0.2, 0.25) is 0 Å². The van der Waals surface area contributed by atoms with E-state index < -0.39 is 0 Å². The second kappa shape index (κ2) is 1.99. The highest BCUT2D eigenvalue weighted by atomic mass is 14.5. The average Bonchev–Trinajstić information content (AvgIpc) is 1.54. The van der Waals surface area contributed by atoms with Gasteiger partial charge < -0.3 is 0 Å². The first-order valence-corrected chi connectivity index (χ1v) is 4.71. The molecular formula is C10H18. The Labute approximate surface area is 64.0 Å². The maximum atomic E-state index is 2.50. The Kier molecular flexibility index (Phi) is 1.33. The predicted molar refractivity (Wildman–Crippen MR) is 43.8 cm³/mol. The van der Waals surface area contributed by atoms with E-state index in [1.807, 2.05) is 0 Å². The molecule has 2 saturated carbocycles. The van der Waals surface area contributed by atoms with Crippen molar-refractivity contribution in [1.29, 1.82) is 0 Å². The summed E-state index contributed by atoms with van der Waals surface area (Å²) in [5.74, 6) is 2.15. The van der Waals surface area contributed by atoms with Gasteiger partial charge in [0.05, 0.1) is 0 Å². The van der Waals surface area contributed by atoms with Crippen molar-refractivity contribution >= 4 is 0 Å². The van der Waals surface area contributed by atoms with Crippen LogP contribution >= 0.6 is 0 Å². The summed E-state index contributed by atoms with van der Waals surface area (Å²) >= 11 is 0. The smallest absolute Gasteiger partial charge is 0.0292 e. The number of rotatable bonds is 1. The van der Waals surface area contributed by atoms with E-state index in [0.717, 1.165) is 17.3 Å². The van der Waals surface area contributed by atoms with Crippen LogP contribution in [0, 0.1) is 17.3 Å².